The van der Waals surface area contributed by atoms with Crippen LogP contribution in [0.4, 0.5) is 4.39 Å². The molecule has 0 heterocycles. The smallest absolute Gasteiger partial charge is 0.255 e. The van der Waals surface area contributed by atoms with Gasteiger partial charge in [-0.1, -0.05) is 11.8 Å². The van der Waals surface area contributed by atoms with Crippen molar-refractivity contribution in [2.75, 3.05) is 13.6 Å². The van der Waals surface area contributed by atoms with Crippen molar-refractivity contribution in [2.45, 2.75) is 25.8 Å². The highest BCUT2D eigenvalue weighted by Gasteiger charge is 2.33. The first-order valence-electron chi connectivity index (χ1n) is 6.80. The first kappa shape index (κ1) is 14.5. The highest BCUT2D eigenvalue weighted by molar-refractivity contribution is 5.96. The zero-order valence-electron chi connectivity index (χ0n) is 11.8. The third-order valence-corrected chi connectivity index (χ3v) is 3.77. The Morgan fingerprint density at radius 3 is 2.85 bits per heavy atom. The van der Waals surface area contributed by atoms with Crippen LogP contribution < -0.4 is 5.73 Å². The van der Waals surface area contributed by atoms with Gasteiger partial charge in [0.2, 0.25) is 0 Å². The molecule has 1 amide bonds. The molecule has 1 unspecified atom stereocenters. The molecule has 0 aromatic heterocycles. The van der Waals surface area contributed by atoms with E-state index in [0.717, 1.165) is 12.8 Å². The topological polar surface area (TPSA) is 46.3 Å². The molecule has 0 spiro atoms. The van der Waals surface area contributed by atoms with Crippen LogP contribution in [0.15, 0.2) is 18.2 Å². The number of halogens is 1. The van der Waals surface area contributed by atoms with Gasteiger partial charge in [-0.05, 0) is 43.9 Å². The molecule has 0 aliphatic heterocycles. The number of nitrogens with two attached hydrogens (primary N) is 1. The summed E-state index contributed by atoms with van der Waals surface area (Å²) < 4.78 is 13.4. The fourth-order valence-corrected chi connectivity index (χ4v) is 2.22. The van der Waals surface area contributed by atoms with Gasteiger partial charge in [-0.25, -0.2) is 4.39 Å². The quantitative estimate of drug-likeness (QED) is 0.857. The molecule has 1 aromatic carbocycles. The number of hydrogen-bond donors (Lipinski definition) is 1. The second-order valence-electron chi connectivity index (χ2n) is 5.19. The van der Waals surface area contributed by atoms with Crippen LogP contribution in [0.5, 0.6) is 0 Å². The molecule has 1 saturated carbocycles. The van der Waals surface area contributed by atoms with Crippen molar-refractivity contribution in [1.29, 1.82) is 0 Å². The highest BCUT2D eigenvalue weighted by atomic mass is 19.1. The van der Waals surface area contributed by atoms with E-state index >= 15 is 0 Å². The molecule has 2 rings (SSSR count). The van der Waals surface area contributed by atoms with Crippen molar-refractivity contribution in [3.63, 3.8) is 0 Å². The summed E-state index contributed by atoms with van der Waals surface area (Å²) in [5.41, 5.74) is 6.18. The maximum atomic E-state index is 13.4. The summed E-state index contributed by atoms with van der Waals surface area (Å²) in [5.74, 6) is 5.48. The van der Waals surface area contributed by atoms with Crippen LogP contribution in [0, 0.1) is 23.6 Å². The lowest BCUT2D eigenvalue weighted by atomic mass is 10.0. The molecule has 4 heteroatoms. The number of benzene rings is 1. The SMILES string of the molecule is CC(C1CC1)N(C)C(=O)c1cc(F)ccc1C#CCN. The summed E-state index contributed by atoms with van der Waals surface area (Å²) in [7, 11) is 1.76. The Kier molecular flexibility index (Phi) is 4.41. The Labute approximate surface area is 119 Å². The standard InChI is InChI=1S/C16H19FN2O/c1-11(12-5-6-12)19(2)16(20)15-10-14(17)8-7-13(15)4-3-9-18/h7-8,10-12H,5-6,9,18H2,1-2H3. The lowest BCUT2D eigenvalue weighted by Crippen LogP contribution is -2.36. The number of carbonyl (C=O) groups excluding carboxylic acids is 1. The van der Waals surface area contributed by atoms with Crippen molar-refractivity contribution in [3.05, 3.63) is 35.1 Å². The van der Waals surface area contributed by atoms with Crippen LogP contribution in [0.1, 0.15) is 35.7 Å². The van der Waals surface area contributed by atoms with Gasteiger partial charge in [-0.2, -0.15) is 0 Å². The third-order valence-electron chi connectivity index (χ3n) is 3.77. The van der Waals surface area contributed by atoms with Gasteiger partial charge in [-0.15, -0.1) is 0 Å². The van der Waals surface area contributed by atoms with E-state index in [1.54, 1.807) is 11.9 Å². The molecule has 1 fully saturated rings. The predicted molar refractivity (Wildman–Crippen MR) is 76.6 cm³/mol. The Bertz CT molecular complexity index is 570. The molecular weight excluding hydrogens is 255 g/mol. The largest absolute Gasteiger partial charge is 0.339 e. The number of rotatable bonds is 3. The van der Waals surface area contributed by atoms with Gasteiger partial charge in [0.15, 0.2) is 0 Å². The zero-order valence-corrected chi connectivity index (χ0v) is 11.8. The second-order valence-corrected chi connectivity index (χ2v) is 5.19. The molecule has 0 radical (unpaired) electrons. The van der Waals surface area contributed by atoms with Gasteiger partial charge in [0.05, 0.1) is 12.1 Å². The summed E-state index contributed by atoms with van der Waals surface area (Å²) >= 11 is 0. The van der Waals surface area contributed by atoms with Crippen molar-refractivity contribution in [3.8, 4) is 11.8 Å². The Balaban J connectivity index is 2.29. The van der Waals surface area contributed by atoms with E-state index in [1.165, 1.54) is 18.2 Å². The average molecular weight is 274 g/mol. The normalized spacial score (nSPS) is 15.2. The van der Waals surface area contributed by atoms with E-state index < -0.39 is 5.82 Å². The predicted octanol–water partition coefficient (Wildman–Crippen LogP) is 2.01. The van der Waals surface area contributed by atoms with E-state index in [2.05, 4.69) is 11.8 Å². The second kappa shape index (κ2) is 6.06. The minimum atomic E-state index is -0.431. The fraction of sp³-hybridized carbons (Fsp3) is 0.438. The van der Waals surface area contributed by atoms with Crippen molar-refractivity contribution < 1.29 is 9.18 Å². The lowest BCUT2D eigenvalue weighted by molar-refractivity contribution is 0.0726. The van der Waals surface area contributed by atoms with E-state index in [-0.39, 0.29) is 18.5 Å². The maximum absolute atomic E-state index is 13.4. The zero-order chi connectivity index (χ0) is 14.7. The highest BCUT2D eigenvalue weighted by Crippen LogP contribution is 2.35. The van der Waals surface area contributed by atoms with Crippen LogP contribution >= 0.6 is 0 Å². The number of carbonyl (C=O) groups is 1. The van der Waals surface area contributed by atoms with Crippen molar-refractivity contribution in [2.24, 2.45) is 11.7 Å². The van der Waals surface area contributed by atoms with Crippen molar-refractivity contribution in [1.82, 2.24) is 4.90 Å². The molecule has 0 saturated heterocycles. The molecule has 3 nitrogen and oxygen atoms in total. The van der Waals surface area contributed by atoms with Crippen molar-refractivity contribution >= 4 is 5.91 Å². The minimum Gasteiger partial charge on any atom is -0.339 e. The minimum absolute atomic E-state index is 0.168. The Hall–Kier alpha value is -1.86. The summed E-state index contributed by atoms with van der Waals surface area (Å²) in [6, 6.07) is 4.25. The molecule has 1 aliphatic carbocycles. The summed E-state index contributed by atoms with van der Waals surface area (Å²) in [4.78, 5) is 14.2. The van der Waals surface area contributed by atoms with Crippen LogP contribution in [0.2, 0.25) is 0 Å². The van der Waals surface area contributed by atoms with Crippen LogP contribution in [-0.4, -0.2) is 30.4 Å². The number of nitrogens with zero attached hydrogens (tertiary/aromatic N) is 1. The third kappa shape index (κ3) is 3.17. The molecular formula is C16H19FN2O. The number of amides is 1. The Morgan fingerprint density at radius 1 is 1.55 bits per heavy atom. The van der Waals surface area contributed by atoms with E-state index in [0.29, 0.717) is 17.0 Å². The Morgan fingerprint density at radius 2 is 2.25 bits per heavy atom. The average Bonchev–Trinajstić information content (AvgIpc) is 3.28. The van der Waals surface area contributed by atoms with Gasteiger partial charge < -0.3 is 10.6 Å². The molecule has 1 atom stereocenters. The van der Waals surface area contributed by atoms with E-state index in [1.807, 2.05) is 6.92 Å². The van der Waals surface area contributed by atoms with Gasteiger partial charge in [0.25, 0.3) is 5.91 Å². The van der Waals surface area contributed by atoms with Gasteiger partial charge in [0, 0.05) is 18.7 Å². The molecule has 20 heavy (non-hydrogen) atoms. The maximum Gasteiger partial charge on any atom is 0.255 e. The first-order chi connectivity index (χ1) is 9.54. The van der Waals surface area contributed by atoms with Crippen LogP contribution in [0.25, 0.3) is 0 Å². The fourth-order valence-electron chi connectivity index (χ4n) is 2.22. The monoisotopic (exact) mass is 274 g/mol. The number of hydrogen-bond acceptors (Lipinski definition) is 2. The summed E-state index contributed by atoms with van der Waals surface area (Å²) in [6.45, 7) is 2.24. The van der Waals surface area contributed by atoms with E-state index in [9.17, 15) is 9.18 Å². The van der Waals surface area contributed by atoms with Crippen LogP contribution in [-0.2, 0) is 0 Å². The molecule has 0 bridgehead atoms. The van der Waals surface area contributed by atoms with Gasteiger partial charge >= 0.3 is 0 Å². The summed E-state index contributed by atoms with van der Waals surface area (Å²) in [6.07, 6.45) is 2.31. The van der Waals surface area contributed by atoms with Gasteiger partial charge in [0.1, 0.15) is 5.82 Å². The molecule has 2 N–H and O–H groups in total. The van der Waals surface area contributed by atoms with Gasteiger partial charge in [-0.3, -0.25) is 4.79 Å². The van der Waals surface area contributed by atoms with Crippen LogP contribution in [0.3, 0.4) is 0 Å². The summed E-state index contributed by atoms with van der Waals surface area (Å²) in [5, 5.41) is 0. The lowest BCUT2D eigenvalue weighted by Gasteiger charge is -2.25. The van der Waals surface area contributed by atoms with E-state index in [4.69, 9.17) is 5.73 Å². The molecule has 1 aromatic rings. The molecule has 106 valence electrons. The molecule has 1 aliphatic rings. The first-order valence-corrected chi connectivity index (χ1v) is 6.80.